The molecule has 1 amide bonds. The highest BCUT2D eigenvalue weighted by Gasteiger charge is 2.32. The van der Waals surface area contributed by atoms with Gasteiger partial charge in [0, 0.05) is 25.6 Å². The number of aliphatic imine (C=N–C) groups is 1. The summed E-state index contributed by atoms with van der Waals surface area (Å²) in [5.74, 6) is 0.925. The van der Waals surface area contributed by atoms with Crippen molar-refractivity contribution in [1.29, 1.82) is 0 Å². The van der Waals surface area contributed by atoms with Crippen LogP contribution >= 0.6 is 0 Å². The van der Waals surface area contributed by atoms with Crippen molar-refractivity contribution in [1.82, 2.24) is 15.5 Å². The van der Waals surface area contributed by atoms with Gasteiger partial charge in [-0.1, -0.05) is 12.1 Å². The predicted molar refractivity (Wildman–Crippen MR) is 103 cm³/mol. The second kappa shape index (κ2) is 9.47. The first-order valence-electron chi connectivity index (χ1n) is 9.98. The maximum absolute atomic E-state index is 13.0. The van der Waals surface area contributed by atoms with Crippen molar-refractivity contribution in [3.05, 3.63) is 35.4 Å². The zero-order chi connectivity index (χ0) is 20.9. The number of benzene rings is 1. The van der Waals surface area contributed by atoms with Gasteiger partial charge in [0.1, 0.15) is 6.10 Å². The van der Waals surface area contributed by atoms with E-state index in [1.54, 1.807) is 6.07 Å². The molecule has 6 nitrogen and oxygen atoms in total. The van der Waals surface area contributed by atoms with Gasteiger partial charge in [-0.2, -0.15) is 13.2 Å². The number of guanidine groups is 1. The normalized spacial score (nSPS) is 20.5. The summed E-state index contributed by atoms with van der Waals surface area (Å²) < 4.78 is 44.8. The fraction of sp³-hybridized carbons (Fsp3) is 0.600. The number of alkyl halides is 3. The zero-order valence-corrected chi connectivity index (χ0v) is 16.5. The van der Waals surface area contributed by atoms with E-state index in [9.17, 15) is 18.0 Å². The molecule has 0 spiro atoms. The van der Waals surface area contributed by atoms with Crippen LogP contribution in [0.5, 0.6) is 0 Å². The molecule has 160 valence electrons. The van der Waals surface area contributed by atoms with E-state index in [0.717, 1.165) is 25.0 Å². The minimum atomic E-state index is -4.38. The van der Waals surface area contributed by atoms with E-state index in [0.29, 0.717) is 50.9 Å². The highest BCUT2D eigenvalue weighted by Crippen LogP contribution is 2.32. The Morgan fingerprint density at radius 1 is 1.31 bits per heavy atom. The molecule has 2 aliphatic rings. The van der Waals surface area contributed by atoms with Crippen molar-refractivity contribution in [2.24, 2.45) is 10.9 Å². The van der Waals surface area contributed by atoms with Crippen LogP contribution in [-0.2, 0) is 15.7 Å². The maximum atomic E-state index is 13.0. The minimum absolute atomic E-state index is 0.0844. The number of ether oxygens (including phenoxy) is 1. The van der Waals surface area contributed by atoms with E-state index < -0.39 is 17.8 Å². The van der Waals surface area contributed by atoms with E-state index in [-0.39, 0.29) is 11.8 Å². The molecule has 1 saturated heterocycles. The lowest BCUT2D eigenvalue weighted by atomic mass is 10.0. The maximum Gasteiger partial charge on any atom is 0.416 e. The Kier molecular flexibility index (Phi) is 7.00. The van der Waals surface area contributed by atoms with Gasteiger partial charge in [-0.3, -0.25) is 9.79 Å². The van der Waals surface area contributed by atoms with Gasteiger partial charge in [0.05, 0.1) is 25.3 Å². The lowest BCUT2D eigenvalue weighted by Crippen LogP contribution is -2.48. The summed E-state index contributed by atoms with van der Waals surface area (Å²) >= 11 is 0. The van der Waals surface area contributed by atoms with Gasteiger partial charge in [-0.25, -0.2) is 0 Å². The summed E-state index contributed by atoms with van der Waals surface area (Å²) in [4.78, 5) is 18.2. The van der Waals surface area contributed by atoms with Crippen molar-refractivity contribution >= 4 is 11.9 Å². The molecule has 2 N–H and O–H groups in total. The summed E-state index contributed by atoms with van der Waals surface area (Å²) in [5, 5.41) is 6.09. The molecule has 29 heavy (non-hydrogen) atoms. The van der Waals surface area contributed by atoms with Crippen molar-refractivity contribution in [3.63, 3.8) is 0 Å². The van der Waals surface area contributed by atoms with Crippen LogP contribution in [0.4, 0.5) is 13.2 Å². The minimum Gasteiger partial charge on any atom is -0.370 e. The van der Waals surface area contributed by atoms with Gasteiger partial charge < -0.3 is 20.3 Å². The Balaban J connectivity index is 1.62. The van der Waals surface area contributed by atoms with Crippen LogP contribution < -0.4 is 10.6 Å². The van der Waals surface area contributed by atoms with E-state index in [1.807, 2.05) is 11.8 Å². The van der Waals surface area contributed by atoms with Gasteiger partial charge in [0.25, 0.3) is 0 Å². The molecule has 1 aromatic carbocycles. The molecule has 1 atom stereocenters. The predicted octanol–water partition coefficient (Wildman–Crippen LogP) is 2.57. The number of carbonyl (C=O) groups excluding carboxylic acids is 1. The summed E-state index contributed by atoms with van der Waals surface area (Å²) in [6, 6.07) is 5.26. The highest BCUT2D eigenvalue weighted by atomic mass is 19.4. The smallest absolute Gasteiger partial charge is 0.370 e. The average Bonchev–Trinajstić information content (AvgIpc) is 3.55. The lowest BCUT2D eigenvalue weighted by Gasteiger charge is -2.35. The Morgan fingerprint density at radius 2 is 2.10 bits per heavy atom. The fourth-order valence-corrected chi connectivity index (χ4v) is 3.22. The summed E-state index contributed by atoms with van der Waals surface area (Å²) in [7, 11) is 0. The first-order valence-corrected chi connectivity index (χ1v) is 9.98. The standard InChI is InChI=1S/C20H27F3N4O2/c1-2-24-19(26-9-8-25-18(28)14-6-7-14)27-10-11-29-17(13-27)15-4-3-5-16(12-15)20(21,22)23/h3-5,12,14,17H,2,6-11,13H2,1H3,(H,24,26)(H,25,28). The second-order valence-electron chi connectivity index (χ2n) is 7.23. The van der Waals surface area contributed by atoms with Gasteiger partial charge in [0.15, 0.2) is 5.96 Å². The number of hydrogen-bond donors (Lipinski definition) is 2. The Morgan fingerprint density at radius 3 is 2.79 bits per heavy atom. The number of amides is 1. The number of nitrogens with one attached hydrogen (secondary N) is 2. The van der Waals surface area contributed by atoms with E-state index in [1.165, 1.54) is 6.07 Å². The average molecular weight is 412 g/mol. The van der Waals surface area contributed by atoms with Crippen LogP contribution in [0, 0.1) is 5.92 Å². The van der Waals surface area contributed by atoms with Gasteiger partial charge >= 0.3 is 6.18 Å². The van der Waals surface area contributed by atoms with Gasteiger partial charge in [0.2, 0.25) is 5.91 Å². The first-order chi connectivity index (χ1) is 13.9. The van der Waals surface area contributed by atoms with Crippen LogP contribution in [0.2, 0.25) is 0 Å². The number of carbonyl (C=O) groups is 1. The molecule has 0 aromatic heterocycles. The number of rotatable bonds is 6. The van der Waals surface area contributed by atoms with Crippen molar-refractivity contribution in [2.45, 2.75) is 32.0 Å². The van der Waals surface area contributed by atoms with E-state index in [2.05, 4.69) is 15.6 Å². The molecule has 1 aromatic rings. The molecule has 9 heteroatoms. The number of nitrogens with zero attached hydrogens (tertiary/aromatic N) is 2. The highest BCUT2D eigenvalue weighted by molar-refractivity contribution is 5.81. The summed E-state index contributed by atoms with van der Waals surface area (Å²) in [6.45, 7) is 4.91. The van der Waals surface area contributed by atoms with Crippen molar-refractivity contribution in [3.8, 4) is 0 Å². The number of morpholine rings is 1. The molecule has 1 heterocycles. The van der Waals surface area contributed by atoms with Crippen molar-refractivity contribution in [2.75, 3.05) is 39.3 Å². The molecule has 2 fully saturated rings. The monoisotopic (exact) mass is 412 g/mol. The van der Waals surface area contributed by atoms with Gasteiger partial charge in [-0.05, 0) is 37.5 Å². The third-order valence-electron chi connectivity index (χ3n) is 4.91. The third-order valence-corrected chi connectivity index (χ3v) is 4.91. The summed E-state index contributed by atoms with van der Waals surface area (Å²) in [5.41, 5.74) is -0.181. The van der Waals surface area contributed by atoms with E-state index in [4.69, 9.17) is 4.74 Å². The third kappa shape index (κ3) is 6.09. The largest absolute Gasteiger partial charge is 0.416 e. The zero-order valence-electron chi connectivity index (χ0n) is 16.5. The van der Waals surface area contributed by atoms with Crippen molar-refractivity contribution < 1.29 is 22.7 Å². The fourth-order valence-electron chi connectivity index (χ4n) is 3.22. The molecule has 1 aliphatic heterocycles. The molecule has 3 rings (SSSR count). The van der Waals surface area contributed by atoms with E-state index >= 15 is 0 Å². The number of hydrogen-bond acceptors (Lipinski definition) is 3. The van der Waals surface area contributed by atoms with Crippen LogP contribution in [0.25, 0.3) is 0 Å². The SMILES string of the molecule is CCNC(=NCCNC(=O)C1CC1)N1CCOC(c2cccc(C(F)(F)F)c2)C1. The Hall–Kier alpha value is -2.29. The van der Waals surface area contributed by atoms with Crippen LogP contribution in [0.3, 0.4) is 0 Å². The number of halogens is 3. The Labute approximate surface area is 168 Å². The lowest BCUT2D eigenvalue weighted by molar-refractivity contribution is -0.137. The molecule has 1 saturated carbocycles. The Bertz CT molecular complexity index is 735. The van der Waals surface area contributed by atoms with Crippen LogP contribution in [0.15, 0.2) is 29.3 Å². The second-order valence-corrected chi connectivity index (χ2v) is 7.23. The van der Waals surface area contributed by atoms with Crippen LogP contribution in [-0.4, -0.2) is 56.1 Å². The molecule has 0 radical (unpaired) electrons. The van der Waals surface area contributed by atoms with Crippen LogP contribution in [0.1, 0.15) is 37.0 Å². The summed E-state index contributed by atoms with van der Waals surface area (Å²) in [6.07, 6.45) is -2.93. The molecule has 1 unspecified atom stereocenters. The quantitative estimate of drug-likeness (QED) is 0.428. The molecular formula is C20H27F3N4O2. The molecule has 0 bridgehead atoms. The van der Waals surface area contributed by atoms with Gasteiger partial charge in [-0.15, -0.1) is 0 Å². The molecular weight excluding hydrogens is 385 g/mol. The first kappa shape index (κ1) is 21.4. The topological polar surface area (TPSA) is 66.0 Å². The molecule has 1 aliphatic carbocycles.